The zero-order chi connectivity index (χ0) is 16.2. The largest absolute Gasteiger partial charge is 0.466 e. The number of rotatable bonds is 4. The molecule has 2 heterocycles. The highest BCUT2D eigenvalue weighted by Gasteiger charge is 2.28. The molecule has 0 unspecified atom stereocenters. The van der Waals surface area contributed by atoms with Crippen molar-refractivity contribution in [3.8, 4) is 0 Å². The van der Waals surface area contributed by atoms with Crippen molar-refractivity contribution in [1.82, 2.24) is 4.98 Å². The highest BCUT2D eigenvalue weighted by Crippen LogP contribution is 2.28. The van der Waals surface area contributed by atoms with Crippen molar-refractivity contribution in [3.05, 3.63) is 35.9 Å². The smallest absolute Gasteiger partial charge is 0.310 e. The first-order valence-electron chi connectivity index (χ1n) is 8.14. The number of aromatic nitrogens is 1. The second kappa shape index (κ2) is 6.96. The summed E-state index contributed by atoms with van der Waals surface area (Å²) in [5.74, 6) is 0.521. The van der Waals surface area contributed by atoms with Gasteiger partial charge in [-0.15, -0.1) is 0 Å². The molecular formula is C18H22N2O3. The summed E-state index contributed by atoms with van der Waals surface area (Å²) in [4.78, 5) is 18.8. The van der Waals surface area contributed by atoms with Crippen molar-refractivity contribution in [3.63, 3.8) is 0 Å². The van der Waals surface area contributed by atoms with Crippen LogP contribution < -0.4 is 4.90 Å². The molecule has 3 rings (SSSR count). The molecule has 0 amide bonds. The number of hydrogen-bond donors (Lipinski definition) is 1. The normalized spacial score (nSPS) is 18.2. The summed E-state index contributed by atoms with van der Waals surface area (Å²) in [6, 6.07) is 9.85. The van der Waals surface area contributed by atoms with Crippen molar-refractivity contribution < 1.29 is 14.6 Å². The van der Waals surface area contributed by atoms with Gasteiger partial charge in [0, 0.05) is 24.0 Å². The van der Waals surface area contributed by atoms with E-state index in [4.69, 9.17) is 9.72 Å². The van der Waals surface area contributed by atoms with E-state index in [1.807, 2.05) is 37.3 Å². The molecule has 0 spiro atoms. The number of carbonyl (C=O) groups excluding carboxylic acids is 1. The standard InChI is InChI=1S/C18H22N2O3/c1-2-23-18(22)14-7-5-9-20(11-14)17-15(12-21)10-13-6-3-4-8-16(13)19-17/h3-4,6,8,10,14,21H,2,5,7,9,11-12H2,1H3/t14-/m1/s1. The maximum atomic E-state index is 12.0. The zero-order valence-corrected chi connectivity index (χ0v) is 13.4. The average molecular weight is 314 g/mol. The number of fused-ring (bicyclic) bond motifs is 1. The van der Waals surface area contributed by atoms with Crippen LogP contribution in [0.4, 0.5) is 5.82 Å². The summed E-state index contributed by atoms with van der Waals surface area (Å²) in [5, 5.41) is 10.7. The molecule has 23 heavy (non-hydrogen) atoms. The lowest BCUT2D eigenvalue weighted by Gasteiger charge is -2.33. The predicted octanol–water partition coefficient (Wildman–Crippen LogP) is 2.51. The molecule has 1 aromatic heterocycles. The van der Waals surface area contributed by atoms with Crippen molar-refractivity contribution in [2.24, 2.45) is 5.92 Å². The van der Waals surface area contributed by atoms with Crippen LogP contribution in [0.2, 0.25) is 0 Å². The fourth-order valence-electron chi connectivity index (χ4n) is 3.16. The highest BCUT2D eigenvalue weighted by molar-refractivity contribution is 5.82. The van der Waals surface area contributed by atoms with Crippen molar-refractivity contribution in [2.45, 2.75) is 26.4 Å². The van der Waals surface area contributed by atoms with Gasteiger partial charge in [-0.1, -0.05) is 18.2 Å². The van der Waals surface area contributed by atoms with Crippen LogP contribution in [0.25, 0.3) is 10.9 Å². The van der Waals surface area contributed by atoms with Crippen LogP contribution in [0, 0.1) is 5.92 Å². The van der Waals surface area contributed by atoms with Crippen LogP contribution in [-0.2, 0) is 16.1 Å². The Kier molecular flexibility index (Phi) is 4.76. The van der Waals surface area contributed by atoms with E-state index >= 15 is 0 Å². The summed E-state index contributed by atoms with van der Waals surface area (Å²) < 4.78 is 5.16. The summed E-state index contributed by atoms with van der Waals surface area (Å²) >= 11 is 0. The predicted molar refractivity (Wildman–Crippen MR) is 89.2 cm³/mol. The molecule has 1 fully saturated rings. The number of esters is 1. The molecular weight excluding hydrogens is 292 g/mol. The topological polar surface area (TPSA) is 62.7 Å². The number of aliphatic hydroxyl groups excluding tert-OH is 1. The van der Waals surface area contributed by atoms with Gasteiger partial charge in [-0.25, -0.2) is 4.98 Å². The molecule has 0 bridgehead atoms. The Morgan fingerprint density at radius 1 is 1.43 bits per heavy atom. The quantitative estimate of drug-likeness (QED) is 0.879. The van der Waals surface area contributed by atoms with E-state index in [0.29, 0.717) is 13.2 Å². The number of hydrogen-bond acceptors (Lipinski definition) is 5. The van der Waals surface area contributed by atoms with Crippen LogP contribution in [0.3, 0.4) is 0 Å². The van der Waals surface area contributed by atoms with E-state index in [9.17, 15) is 9.90 Å². The summed E-state index contributed by atoms with van der Waals surface area (Å²) in [6.45, 7) is 3.61. The van der Waals surface area contributed by atoms with Crippen LogP contribution >= 0.6 is 0 Å². The second-order valence-corrected chi connectivity index (χ2v) is 5.86. The van der Waals surface area contributed by atoms with E-state index in [-0.39, 0.29) is 18.5 Å². The lowest BCUT2D eigenvalue weighted by molar-refractivity contribution is -0.148. The van der Waals surface area contributed by atoms with Crippen LogP contribution in [0.5, 0.6) is 0 Å². The third-order valence-electron chi connectivity index (χ3n) is 4.29. The van der Waals surface area contributed by atoms with Crippen LogP contribution in [-0.4, -0.2) is 35.8 Å². The number of ether oxygens (including phenoxy) is 1. The minimum absolute atomic E-state index is 0.0618. The van der Waals surface area contributed by atoms with E-state index in [1.54, 1.807) is 0 Å². The van der Waals surface area contributed by atoms with Gasteiger partial charge in [0.15, 0.2) is 0 Å². The van der Waals surface area contributed by atoms with E-state index in [0.717, 1.165) is 41.7 Å². The maximum absolute atomic E-state index is 12.0. The van der Waals surface area contributed by atoms with Gasteiger partial charge in [0.25, 0.3) is 0 Å². The van der Waals surface area contributed by atoms with Gasteiger partial charge in [0.2, 0.25) is 0 Å². The number of pyridine rings is 1. The Hall–Kier alpha value is -2.14. The first kappa shape index (κ1) is 15.7. The van der Waals surface area contributed by atoms with Gasteiger partial charge in [-0.2, -0.15) is 0 Å². The first-order chi connectivity index (χ1) is 11.2. The van der Waals surface area contributed by atoms with Crippen molar-refractivity contribution in [2.75, 3.05) is 24.6 Å². The lowest BCUT2D eigenvalue weighted by Crippen LogP contribution is -2.40. The van der Waals surface area contributed by atoms with Gasteiger partial charge in [0.1, 0.15) is 5.82 Å². The van der Waals surface area contributed by atoms with Gasteiger partial charge in [0.05, 0.1) is 24.6 Å². The third-order valence-corrected chi connectivity index (χ3v) is 4.29. The Balaban J connectivity index is 1.90. The van der Waals surface area contributed by atoms with E-state index in [2.05, 4.69) is 4.90 Å². The van der Waals surface area contributed by atoms with Crippen LogP contribution in [0.1, 0.15) is 25.3 Å². The third kappa shape index (κ3) is 3.29. The molecule has 5 nitrogen and oxygen atoms in total. The summed E-state index contributed by atoms with van der Waals surface area (Å²) in [6.07, 6.45) is 1.76. The number of aliphatic hydroxyl groups is 1. The van der Waals surface area contributed by atoms with Crippen molar-refractivity contribution >= 4 is 22.7 Å². The van der Waals surface area contributed by atoms with Crippen molar-refractivity contribution in [1.29, 1.82) is 0 Å². The molecule has 2 aromatic rings. The molecule has 1 aromatic carbocycles. The Bertz CT molecular complexity index is 702. The fourth-order valence-corrected chi connectivity index (χ4v) is 3.16. The minimum Gasteiger partial charge on any atom is -0.466 e. The zero-order valence-electron chi connectivity index (χ0n) is 13.4. The highest BCUT2D eigenvalue weighted by atomic mass is 16.5. The van der Waals surface area contributed by atoms with E-state index in [1.165, 1.54) is 0 Å². The number of anilines is 1. The Morgan fingerprint density at radius 3 is 3.04 bits per heavy atom. The fraction of sp³-hybridized carbons (Fsp3) is 0.444. The van der Waals surface area contributed by atoms with Crippen LogP contribution in [0.15, 0.2) is 30.3 Å². The van der Waals surface area contributed by atoms with Gasteiger partial charge < -0.3 is 14.7 Å². The van der Waals surface area contributed by atoms with Gasteiger partial charge in [-0.3, -0.25) is 4.79 Å². The monoisotopic (exact) mass is 314 g/mol. The average Bonchev–Trinajstić information content (AvgIpc) is 2.61. The SMILES string of the molecule is CCOC(=O)[C@@H]1CCCN(c2nc3ccccc3cc2CO)C1. The number of para-hydroxylation sites is 1. The number of piperidine rings is 1. The molecule has 5 heteroatoms. The summed E-state index contributed by atoms with van der Waals surface area (Å²) in [5.41, 5.74) is 1.70. The molecule has 1 saturated heterocycles. The lowest BCUT2D eigenvalue weighted by atomic mass is 9.97. The minimum atomic E-state index is -0.136. The first-order valence-corrected chi connectivity index (χ1v) is 8.14. The number of carbonyl (C=O) groups is 1. The molecule has 122 valence electrons. The molecule has 0 radical (unpaired) electrons. The number of nitrogens with zero attached hydrogens (tertiary/aromatic N) is 2. The van der Waals surface area contributed by atoms with Gasteiger partial charge in [-0.05, 0) is 31.9 Å². The molecule has 1 aliphatic heterocycles. The summed E-state index contributed by atoms with van der Waals surface area (Å²) in [7, 11) is 0. The number of benzene rings is 1. The molecule has 0 aliphatic carbocycles. The molecule has 1 aliphatic rings. The second-order valence-electron chi connectivity index (χ2n) is 5.86. The molecule has 0 saturated carbocycles. The Labute approximate surface area is 135 Å². The van der Waals surface area contributed by atoms with E-state index < -0.39 is 0 Å². The maximum Gasteiger partial charge on any atom is 0.310 e. The molecule has 1 atom stereocenters. The Morgan fingerprint density at radius 2 is 2.26 bits per heavy atom. The van der Waals surface area contributed by atoms with Gasteiger partial charge >= 0.3 is 5.97 Å². The molecule has 1 N–H and O–H groups in total.